The van der Waals surface area contributed by atoms with E-state index in [1.807, 2.05) is 0 Å². The average molecular weight is 492 g/mol. The maximum absolute atomic E-state index is 14.1. The highest BCUT2D eigenvalue weighted by Gasteiger charge is 2.59. The molecular weight excluding hydrogens is 457 g/mol. The van der Waals surface area contributed by atoms with E-state index in [4.69, 9.17) is 21.1 Å². The number of piperazine rings is 1. The SMILES string of the molecule is CO[C@@H]1COCC[C@@H]1N[C@@H]1C[C@H]2CCC[C@@]2(C(=O)N2C[C@H]3C[C@H]2CN3c2ccc(F)c(Cl)c2)C1. The van der Waals surface area contributed by atoms with Gasteiger partial charge in [0.25, 0.3) is 0 Å². The van der Waals surface area contributed by atoms with Gasteiger partial charge in [-0.25, -0.2) is 4.39 Å². The molecule has 1 amide bonds. The van der Waals surface area contributed by atoms with Crippen LogP contribution in [0.25, 0.3) is 0 Å². The molecule has 7 atom stereocenters. The molecule has 2 aliphatic carbocycles. The molecule has 3 saturated heterocycles. The minimum absolute atomic E-state index is 0.0844. The highest BCUT2D eigenvalue weighted by Crippen LogP contribution is 2.56. The van der Waals surface area contributed by atoms with E-state index in [-0.39, 0.29) is 34.4 Å². The molecule has 0 aromatic heterocycles. The fourth-order valence-corrected chi connectivity index (χ4v) is 7.91. The number of anilines is 1. The molecule has 8 heteroatoms. The monoisotopic (exact) mass is 491 g/mol. The number of nitrogens with zero attached hydrogens (tertiary/aromatic N) is 2. The number of halogens is 2. The summed E-state index contributed by atoms with van der Waals surface area (Å²) in [5.41, 5.74) is 0.747. The first kappa shape index (κ1) is 23.0. The van der Waals surface area contributed by atoms with Crippen LogP contribution < -0.4 is 10.2 Å². The smallest absolute Gasteiger partial charge is 0.229 e. The minimum atomic E-state index is -0.389. The number of methoxy groups -OCH3 is 1. The quantitative estimate of drug-likeness (QED) is 0.682. The highest BCUT2D eigenvalue weighted by molar-refractivity contribution is 6.31. The summed E-state index contributed by atoms with van der Waals surface area (Å²) in [5, 5.41) is 4.02. The van der Waals surface area contributed by atoms with Crippen molar-refractivity contribution in [3.05, 3.63) is 29.0 Å². The zero-order valence-electron chi connectivity index (χ0n) is 19.8. The average Bonchev–Trinajstić information content (AvgIpc) is 3.60. The third-order valence-electron chi connectivity index (χ3n) is 9.36. The maximum Gasteiger partial charge on any atom is 0.229 e. The van der Waals surface area contributed by atoms with Crippen molar-refractivity contribution in [2.24, 2.45) is 11.3 Å². The van der Waals surface area contributed by atoms with Crippen LogP contribution in [-0.4, -0.2) is 74.5 Å². The molecule has 0 unspecified atom stereocenters. The Kier molecular flexibility index (Phi) is 6.03. The van der Waals surface area contributed by atoms with E-state index in [0.29, 0.717) is 30.5 Å². The topological polar surface area (TPSA) is 54.0 Å². The normalized spacial score (nSPS) is 39.1. The lowest BCUT2D eigenvalue weighted by molar-refractivity contribution is -0.144. The first-order valence-corrected chi connectivity index (χ1v) is 13.3. The van der Waals surface area contributed by atoms with Gasteiger partial charge < -0.3 is 24.6 Å². The van der Waals surface area contributed by atoms with Crippen LogP contribution in [0.2, 0.25) is 5.02 Å². The summed E-state index contributed by atoms with van der Waals surface area (Å²) >= 11 is 6.03. The summed E-state index contributed by atoms with van der Waals surface area (Å²) < 4.78 is 24.9. The van der Waals surface area contributed by atoms with E-state index in [1.54, 1.807) is 19.2 Å². The summed E-state index contributed by atoms with van der Waals surface area (Å²) in [6.45, 7) is 2.97. The van der Waals surface area contributed by atoms with Gasteiger partial charge in [-0.15, -0.1) is 0 Å². The zero-order valence-corrected chi connectivity index (χ0v) is 20.6. The van der Waals surface area contributed by atoms with Gasteiger partial charge in [0, 0.05) is 50.6 Å². The van der Waals surface area contributed by atoms with Crippen LogP contribution in [-0.2, 0) is 14.3 Å². The molecule has 6 rings (SSSR count). The van der Waals surface area contributed by atoms with Gasteiger partial charge in [-0.1, -0.05) is 18.0 Å². The van der Waals surface area contributed by atoms with Crippen molar-refractivity contribution < 1.29 is 18.7 Å². The van der Waals surface area contributed by atoms with Crippen LogP contribution in [0.15, 0.2) is 18.2 Å². The number of nitrogens with one attached hydrogen (secondary N) is 1. The molecule has 3 heterocycles. The number of likely N-dealkylation sites (tertiary alicyclic amines) is 1. The van der Waals surface area contributed by atoms with Gasteiger partial charge in [-0.3, -0.25) is 4.79 Å². The Bertz CT molecular complexity index is 950. The van der Waals surface area contributed by atoms with Crippen molar-refractivity contribution in [1.29, 1.82) is 0 Å². The predicted octanol–water partition coefficient (Wildman–Crippen LogP) is 3.61. The Morgan fingerprint density at radius 2 is 2.15 bits per heavy atom. The van der Waals surface area contributed by atoms with Gasteiger partial charge in [-0.2, -0.15) is 0 Å². The molecule has 186 valence electrons. The van der Waals surface area contributed by atoms with E-state index in [2.05, 4.69) is 15.1 Å². The van der Waals surface area contributed by atoms with E-state index < -0.39 is 0 Å². The van der Waals surface area contributed by atoms with Gasteiger partial charge in [-0.05, 0) is 62.6 Å². The highest BCUT2D eigenvalue weighted by atomic mass is 35.5. The second-order valence-electron chi connectivity index (χ2n) is 11.0. The van der Waals surface area contributed by atoms with Gasteiger partial charge in [0.15, 0.2) is 0 Å². The molecule has 0 spiro atoms. The Balaban J connectivity index is 1.14. The van der Waals surface area contributed by atoms with E-state index in [1.165, 1.54) is 6.07 Å². The Morgan fingerprint density at radius 1 is 1.26 bits per heavy atom. The number of ether oxygens (including phenoxy) is 2. The molecule has 1 N–H and O–H groups in total. The molecule has 1 aromatic rings. The fourth-order valence-electron chi connectivity index (χ4n) is 7.74. The maximum atomic E-state index is 14.1. The van der Waals surface area contributed by atoms with Crippen LogP contribution in [0, 0.1) is 17.2 Å². The number of carbonyl (C=O) groups excluding carboxylic acids is 1. The molecule has 3 aliphatic heterocycles. The second-order valence-corrected chi connectivity index (χ2v) is 11.5. The standard InChI is InChI=1S/C26H35ClFN3O3/c1-33-24-15-34-8-6-23(24)29-17-9-16-3-2-7-26(16,12-17)25(32)31-14-19-10-20(31)13-30(19)18-4-5-22(28)21(27)11-18/h4-5,11,16-17,19-20,23-24,29H,2-3,6-10,12-15H2,1H3/t16-,17-,19-,20+,23+,24-,26-/m1/s1. The first-order chi connectivity index (χ1) is 16.5. The van der Waals surface area contributed by atoms with E-state index in [0.717, 1.165) is 70.3 Å². The number of benzene rings is 1. The molecule has 5 fully saturated rings. The fraction of sp³-hybridized carbons (Fsp3) is 0.731. The Labute approximate surface area is 206 Å². The lowest BCUT2D eigenvalue weighted by atomic mass is 9.78. The summed E-state index contributed by atoms with van der Waals surface area (Å²) in [7, 11) is 1.76. The molecule has 34 heavy (non-hydrogen) atoms. The lowest BCUT2D eigenvalue weighted by Crippen LogP contribution is -2.54. The molecule has 5 aliphatic rings. The zero-order chi connectivity index (χ0) is 23.4. The minimum Gasteiger partial charge on any atom is -0.379 e. The van der Waals surface area contributed by atoms with Gasteiger partial charge >= 0.3 is 0 Å². The number of fused-ring (bicyclic) bond motifs is 3. The molecule has 6 nitrogen and oxygen atoms in total. The van der Waals surface area contributed by atoms with Crippen LogP contribution in [0.5, 0.6) is 0 Å². The van der Waals surface area contributed by atoms with Crippen molar-refractivity contribution >= 4 is 23.2 Å². The van der Waals surface area contributed by atoms with Crippen molar-refractivity contribution in [2.75, 3.05) is 38.3 Å². The van der Waals surface area contributed by atoms with Crippen LogP contribution >= 0.6 is 11.6 Å². The summed E-state index contributed by atoms with van der Waals surface area (Å²) in [5.74, 6) is 0.475. The predicted molar refractivity (Wildman–Crippen MR) is 129 cm³/mol. The number of hydrogen-bond acceptors (Lipinski definition) is 5. The van der Waals surface area contributed by atoms with Crippen LogP contribution in [0.1, 0.15) is 44.9 Å². The van der Waals surface area contributed by atoms with Crippen molar-refractivity contribution in [3.8, 4) is 0 Å². The third-order valence-corrected chi connectivity index (χ3v) is 9.65. The van der Waals surface area contributed by atoms with Gasteiger partial charge in [0.2, 0.25) is 5.91 Å². The molecular formula is C26H35ClFN3O3. The number of hydrogen-bond donors (Lipinski definition) is 1. The second kappa shape index (κ2) is 8.91. The van der Waals surface area contributed by atoms with Crippen molar-refractivity contribution in [2.45, 2.75) is 75.2 Å². The molecule has 2 bridgehead atoms. The molecule has 0 radical (unpaired) electrons. The lowest BCUT2D eigenvalue weighted by Gasteiger charge is -2.41. The molecule has 1 aromatic carbocycles. The number of rotatable bonds is 5. The summed E-state index contributed by atoms with van der Waals surface area (Å²) in [6.07, 6.45) is 7.39. The number of carbonyl (C=O) groups is 1. The van der Waals surface area contributed by atoms with Crippen molar-refractivity contribution in [3.63, 3.8) is 0 Å². The Morgan fingerprint density at radius 3 is 2.91 bits per heavy atom. The third kappa shape index (κ3) is 3.74. The number of amides is 1. The summed E-state index contributed by atoms with van der Waals surface area (Å²) in [4.78, 5) is 18.6. The van der Waals surface area contributed by atoms with Crippen molar-refractivity contribution in [1.82, 2.24) is 10.2 Å². The molecule has 2 saturated carbocycles. The van der Waals surface area contributed by atoms with Crippen LogP contribution in [0.4, 0.5) is 10.1 Å². The first-order valence-electron chi connectivity index (χ1n) is 12.9. The largest absolute Gasteiger partial charge is 0.379 e. The summed E-state index contributed by atoms with van der Waals surface area (Å²) in [6, 6.07) is 6.14. The van der Waals surface area contributed by atoms with Gasteiger partial charge in [0.05, 0.1) is 29.2 Å². The van der Waals surface area contributed by atoms with Gasteiger partial charge in [0.1, 0.15) is 5.82 Å². The van der Waals surface area contributed by atoms with E-state index >= 15 is 0 Å². The van der Waals surface area contributed by atoms with Crippen LogP contribution in [0.3, 0.4) is 0 Å². The van der Waals surface area contributed by atoms with E-state index in [9.17, 15) is 9.18 Å². The Hall–Kier alpha value is -1.41.